The number of halogens is 1. The van der Waals surface area contributed by atoms with Crippen LogP contribution in [0.1, 0.15) is 30.9 Å². The van der Waals surface area contributed by atoms with E-state index in [1.54, 1.807) is 55.5 Å². The molecule has 25 heavy (non-hydrogen) atoms. The average molecular weight is 344 g/mol. The van der Waals surface area contributed by atoms with Crippen molar-refractivity contribution in [2.45, 2.75) is 38.6 Å². The summed E-state index contributed by atoms with van der Waals surface area (Å²) in [4.78, 5) is 24.4. The van der Waals surface area contributed by atoms with Gasteiger partial charge in [0.15, 0.2) is 0 Å². The number of alkyl halides is 1. The van der Waals surface area contributed by atoms with E-state index in [1.165, 1.54) is 0 Å². The van der Waals surface area contributed by atoms with Gasteiger partial charge in [-0.3, -0.25) is 0 Å². The van der Waals surface area contributed by atoms with Crippen LogP contribution in [-0.4, -0.2) is 17.6 Å². The summed E-state index contributed by atoms with van der Waals surface area (Å²) in [7, 11) is 0. The van der Waals surface area contributed by atoms with Crippen molar-refractivity contribution in [3.8, 4) is 0 Å². The molecule has 0 saturated carbocycles. The van der Waals surface area contributed by atoms with Crippen molar-refractivity contribution >= 4 is 11.9 Å². The molecule has 4 nitrogen and oxygen atoms in total. The van der Waals surface area contributed by atoms with E-state index in [0.717, 1.165) is 0 Å². The van der Waals surface area contributed by atoms with Crippen LogP contribution in [-0.2, 0) is 32.3 Å². The van der Waals surface area contributed by atoms with Crippen molar-refractivity contribution in [2.75, 3.05) is 0 Å². The van der Waals surface area contributed by atoms with Gasteiger partial charge >= 0.3 is 17.6 Å². The molecule has 5 heteroatoms. The third-order valence-electron chi connectivity index (χ3n) is 3.67. The molecule has 2 aromatic rings. The Labute approximate surface area is 146 Å². The summed E-state index contributed by atoms with van der Waals surface area (Å²) >= 11 is 0. The first-order valence-corrected chi connectivity index (χ1v) is 8.17. The normalized spacial score (nSPS) is 11.0. The monoisotopic (exact) mass is 344 g/mol. The minimum atomic E-state index is -2.79. The van der Waals surface area contributed by atoms with Crippen molar-refractivity contribution in [2.24, 2.45) is 0 Å². The molecule has 0 amide bonds. The maximum absolute atomic E-state index is 15.0. The van der Waals surface area contributed by atoms with Crippen LogP contribution in [0.4, 0.5) is 4.39 Å². The molecule has 0 unspecified atom stereocenters. The lowest BCUT2D eigenvalue weighted by molar-refractivity contribution is -0.177. The molecule has 0 fully saturated rings. The van der Waals surface area contributed by atoms with Gasteiger partial charge in [0, 0.05) is 6.42 Å². The van der Waals surface area contributed by atoms with Crippen LogP contribution in [0.3, 0.4) is 0 Å². The molecule has 0 spiro atoms. The smallest absolute Gasteiger partial charge is 0.356 e. The van der Waals surface area contributed by atoms with Crippen LogP contribution in [0.15, 0.2) is 60.7 Å². The summed E-state index contributed by atoms with van der Waals surface area (Å²) in [6.45, 7) is 1.49. The van der Waals surface area contributed by atoms with E-state index in [4.69, 9.17) is 9.47 Å². The fourth-order valence-electron chi connectivity index (χ4n) is 2.31. The zero-order chi connectivity index (χ0) is 18.1. The standard InChI is InChI=1S/C20H21FO4/c1-2-13-20(21,18(22)24-14-16-9-5-3-6-10-16)19(23)25-15-17-11-7-4-8-12-17/h3-12H,2,13-15H2,1H3. The molecular weight excluding hydrogens is 323 g/mol. The van der Waals surface area contributed by atoms with Gasteiger partial charge in [-0.15, -0.1) is 0 Å². The molecule has 0 saturated heterocycles. The molecule has 0 aliphatic rings. The minimum Gasteiger partial charge on any atom is -0.458 e. The van der Waals surface area contributed by atoms with Crippen LogP contribution in [0.2, 0.25) is 0 Å². The number of benzene rings is 2. The van der Waals surface area contributed by atoms with E-state index in [1.807, 2.05) is 12.1 Å². The summed E-state index contributed by atoms with van der Waals surface area (Å²) in [5.41, 5.74) is -1.36. The molecule has 0 atom stereocenters. The van der Waals surface area contributed by atoms with Gasteiger partial charge in [-0.2, -0.15) is 0 Å². The molecule has 0 N–H and O–H groups in total. The van der Waals surface area contributed by atoms with Crippen LogP contribution in [0.25, 0.3) is 0 Å². The zero-order valence-electron chi connectivity index (χ0n) is 14.1. The third-order valence-corrected chi connectivity index (χ3v) is 3.67. The first-order valence-electron chi connectivity index (χ1n) is 8.17. The highest BCUT2D eigenvalue weighted by molar-refractivity contribution is 6.03. The zero-order valence-corrected chi connectivity index (χ0v) is 14.1. The Morgan fingerprint density at radius 2 is 1.24 bits per heavy atom. The lowest BCUT2D eigenvalue weighted by Gasteiger charge is -2.21. The van der Waals surface area contributed by atoms with Gasteiger partial charge in [-0.1, -0.05) is 74.0 Å². The molecule has 132 valence electrons. The first kappa shape index (κ1) is 18.6. The molecule has 0 bridgehead atoms. The van der Waals surface area contributed by atoms with Gasteiger partial charge in [0.25, 0.3) is 0 Å². The lowest BCUT2D eigenvalue weighted by Crippen LogP contribution is -2.44. The van der Waals surface area contributed by atoms with E-state index >= 15 is 4.39 Å². The van der Waals surface area contributed by atoms with Gasteiger partial charge in [-0.05, 0) is 11.1 Å². The number of carbonyl (C=O) groups is 2. The maximum Gasteiger partial charge on any atom is 0.356 e. The van der Waals surface area contributed by atoms with E-state index in [2.05, 4.69) is 0 Å². The SMILES string of the molecule is CCCC(F)(C(=O)OCc1ccccc1)C(=O)OCc1ccccc1. The fourth-order valence-corrected chi connectivity index (χ4v) is 2.31. The number of esters is 2. The highest BCUT2D eigenvalue weighted by atomic mass is 19.1. The summed E-state index contributed by atoms with van der Waals surface area (Å²) < 4.78 is 25.0. The van der Waals surface area contributed by atoms with Crippen molar-refractivity contribution in [3.05, 3.63) is 71.8 Å². The predicted molar refractivity (Wildman–Crippen MR) is 91.2 cm³/mol. The van der Waals surface area contributed by atoms with Crippen molar-refractivity contribution in [3.63, 3.8) is 0 Å². The van der Waals surface area contributed by atoms with E-state index < -0.39 is 17.6 Å². The Bertz CT molecular complexity index is 630. The second kappa shape index (κ2) is 8.97. The second-order valence-corrected chi connectivity index (χ2v) is 5.67. The van der Waals surface area contributed by atoms with Crippen LogP contribution in [0.5, 0.6) is 0 Å². The Morgan fingerprint density at radius 3 is 1.60 bits per heavy atom. The van der Waals surface area contributed by atoms with Crippen molar-refractivity contribution < 1.29 is 23.5 Å². The van der Waals surface area contributed by atoms with Crippen LogP contribution < -0.4 is 0 Å². The average Bonchev–Trinajstić information content (AvgIpc) is 2.65. The summed E-state index contributed by atoms with van der Waals surface area (Å²) in [6, 6.07) is 17.8. The molecule has 0 heterocycles. The molecule has 0 radical (unpaired) electrons. The van der Waals surface area contributed by atoms with E-state index in [9.17, 15) is 9.59 Å². The number of ether oxygens (including phenoxy) is 2. The van der Waals surface area contributed by atoms with Gasteiger partial charge in [-0.25, -0.2) is 14.0 Å². The summed E-state index contributed by atoms with van der Waals surface area (Å²) in [5, 5.41) is 0. The minimum absolute atomic E-state index is 0.0962. The van der Waals surface area contributed by atoms with Crippen LogP contribution in [0, 0.1) is 0 Å². The molecule has 2 rings (SSSR count). The van der Waals surface area contributed by atoms with E-state index in [-0.39, 0.29) is 19.6 Å². The van der Waals surface area contributed by atoms with Gasteiger partial charge in [0.05, 0.1) is 0 Å². The van der Waals surface area contributed by atoms with Gasteiger partial charge in [0.1, 0.15) is 13.2 Å². The highest BCUT2D eigenvalue weighted by Gasteiger charge is 2.49. The Morgan fingerprint density at radius 1 is 0.840 bits per heavy atom. The lowest BCUT2D eigenvalue weighted by atomic mass is 10.0. The number of hydrogen-bond acceptors (Lipinski definition) is 4. The largest absolute Gasteiger partial charge is 0.458 e. The van der Waals surface area contributed by atoms with E-state index in [0.29, 0.717) is 17.5 Å². The van der Waals surface area contributed by atoms with Crippen molar-refractivity contribution in [1.29, 1.82) is 0 Å². The van der Waals surface area contributed by atoms with Gasteiger partial charge in [0.2, 0.25) is 0 Å². The second-order valence-electron chi connectivity index (χ2n) is 5.67. The topological polar surface area (TPSA) is 52.6 Å². The fraction of sp³-hybridized carbons (Fsp3) is 0.300. The highest BCUT2D eigenvalue weighted by Crippen LogP contribution is 2.24. The number of hydrogen-bond donors (Lipinski definition) is 0. The Kier molecular flexibility index (Phi) is 6.69. The molecule has 0 aromatic heterocycles. The Balaban J connectivity index is 1.99. The Hall–Kier alpha value is -2.69. The van der Waals surface area contributed by atoms with Gasteiger partial charge < -0.3 is 9.47 Å². The molecule has 0 aliphatic heterocycles. The molecular formula is C20H21FO4. The maximum atomic E-state index is 15.0. The quantitative estimate of drug-likeness (QED) is 0.537. The predicted octanol–water partition coefficient (Wildman–Crippen LogP) is 3.98. The van der Waals surface area contributed by atoms with Crippen molar-refractivity contribution in [1.82, 2.24) is 0 Å². The third kappa shape index (κ3) is 5.14. The summed E-state index contributed by atoms with van der Waals surface area (Å²) in [6.07, 6.45) is 0.0195. The summed E-state index contributed by atoms with van der Waals surface area (Å²) in [5.74, 6) is -2.42. The first-order chi connectivity index (χ1) is 12.1. The van der Waals surface area contributed by atoms with Crippen LogP contribution >= 0.6 is 0 Å². The number of carbonyl (C=O) groups excluding carboxylic acids is 2. The molecule has 0 aliphatic carbocycles. The molecule has 2 aromatic carbocycles. The number of rotatable bonds is 8.